The average Bonchev–Trinajstić information content (AvgIpc) is 2.68. The van der Waals surface area contributed by atoms with E-state index in [0.29, 0.717) is 12.0 Å². The van der Waals surface area contributed by atoms with Gasteiger partial charge in [-0.25, -0.2) is 0 Å². The molecule has 3 aromatic rings. The molecule has 0 radical (unpaired) electrons. The molecule has 1 heterocycles. The second-order valence-electron chi connectivity index (χ2n) is 5.99. The molecular formula is C21H17F4NO2. The van der Waals surface area contributed by atoms with Crippen molar-refractivity contribution in [2.75, 3.05) is 0 Å². The zero-order valence-electron chi connectivity index (χ0n) is 14.6. The van der Waals surface area contributed by atoms with Gasteiger partial charge in [-0.2, -0.15) is 17.6 Å². The highest BCUT2D eigenvalue weighted by Crippen LogP contribution is 2.36. The lowest BCUT2D eigenvalue weighted by Gasteiger charge is -2.20. The zero-order chi connectivity index (χ0) is 19.9. The van der Waals surface area contributed by atoms with Crippen LogP contribution in [-0.4, -0.2) is 18.2 Å². The van der Waals surface area contributed by atoms with Gasteiger partial charge in [-0.05, 0) is 47.4 Å². The van der Waals surface area contributed by atoms with E-state index in [-0.39, 0.29) is 5.92 Å². The molecule has 7 heteroatoms. The zero-order valence-corrected chi connectivity index (χ0v) is 14.6. The Bertz CT molecular complexity index is 876. The van der Waals surface area contributed by atoms with Crippen LogP contribution in [0.25, 0.3) is 0 Å². The van der Waals surface area contributed by atoms with Crippen LogP contribution in [0, 0.1) is 0 Å². The summed E-state index contributed by atoms with van der Waals surface area (Å²) in [5.74, 6) is -1.07. The predicted octanol–water partition coefficient (Wildman–Crippen LogP) is 5.66. The van der Waals surface area contributed by atoms with Crippen LogP contribution in [0.1, 0.15) is 22.6 Å². The Morgan fingerprint density at radius 2 is 1.36 bits per heavy atom. The van der Waals surface area contributed by atoms with Gasteiger partial charge in [0.15, 0.2) is 11.5 Å². The van der Waals surface area contributed by atoms with E-state index in [1.807, 2.05) is 42.5 Å². The second-order valence-corrected chi connectivity index (χ2v) is 5.99. The number of benzene rings is 2. The Balaban J connectivity index is 2.01. The minimum Gasteiger partial charge on any atom is -0.431 e. The van der Waals surface area contributed by atoms with E-state index in [0.717, 1.165) is 11.1 Å². The van der Waals surface area contributed by atoms with Crippen LogP contribution in [0.2, 0.25) is 0 Å². The van der Waals surface area contributed by atoms with Crippen molar-refractivity contribution in [1.82, 2.24) is 4.98 Å². The lowest BCUT2D eigenvalue weighted by atomic mass is 9.86. The summed E-state index contributed by atoms with van der Waals surface area (Å²) in [5.41, 5.74) is 2.58. The minimum absolute atomic E-state index is 0.204. The van der Waals surface area contributed by atoms with Gasteiger partial charge in [0.2, 0.25) is 0 Å². The third-order valence-electron chi connectivity index (χ3n) is 4.19. The van der Waals surface area contributed by atoms with Crippen LogP contribution < -0.4 is 9.47 Å². The van der Waals surface area contributed by atoms with Gasteiger partial charge in [-0.3, -0.25) is 4.98 Å². The van der Waals surface area contributed by atoms with E-state index in [1.54, 1.807) is 18.5 Å². The summed E-state index contributed by atoms with van der Waals surface area (Å²) >= 11 is 0. The van der Waals surface area contributed by atoms with Crippen molar-refractivity contribution in [3.05, 3.63) is 89.7 Å². The molecule has 3 nitrogen and oxygen atoms in total. The first kappa shape index (κ1) is 19.7. The van der Waals surface area contributed by atoms with Crippen LogP contribution in [0.3, 0.4) is 0 Å². The van der Waals surface area contributed by atoms with Crippen molar-refractivity contribution < 1.29 is 27.0 Å². The maximum atomic E-state index is 12.8. The predicted molar refractivity (Wildman–Crippen MR) is 95.9 cm³/mol. The molecule has 0 aliphatic rings. The highest BCUT2D eigenvalue weighted by molar-refractivity contribution is 5.47. The van der Waals surface area contributed by atoms with Crippen LogP contribution >= 0.6 is 0 Å². The normalized spacial score (nSPS) is 12.2. The van der Waals surface area contributed by atoms with E-state index >= 15 is 0 Å². The Hall–Kier alpha value is -3.09. The Morgan fingerprint density at radius 1 is 0.714 bits per heavy atom. The lowest BCUT2D eigenvalue weighted by Crippen LogP contribution is -2.10. The number of pyridine rings is 1. The SMILES string of the molecule is FC(F)Oc1ccc(C(Cc2ccncc2)c2ccccc2)cc1OC(F)F. The van der Waals surface area contributed by atoms with Crippen molar-refractivity contribution in [3.8, 4) is 11.5 Å². The highest BCUT2D eigenvalue weighted by atomic mass is 19.3. The van der Waals surface area contributed by atoms with Gasteiger partial charge in [0.1, 0.15) is 0 Å². The molecular weight excluding hydrogens is 374 g/mol. The molecule has 1 unspecified atom stereocenters. The molecule has 1 aromatic heterocycles. The number of hydrogen-bond acceptors (Lipinski definition) is 3. The van der Waals surface area contributed by atoms with Gasteiger partial charge in [0.05, 0.1) is 0 Å². The highest BCUT2D eigenvalue weighted by Gasteiger charge is 2.20. The molecule has 0 saturated heterocycles. The van der Waals surface area contributed by atoms with Crippen molar-refractivity contribution in [2.45, 2.75) is 25.6 Å². The van der Waals surface area contributed by atoms with Crippen LogP contribution in [-0.2, 0) is 6.42 Å². The molecule has 0 N–H and O–H groups in total. The summed E-state index contributed by atoms with van der Waals surface area (Å²) in [6.45, 7) is -6.31. The number of halogens is 4. The van der Waals surface area contributed by atoms with Gasteiger partial charge < -0.3 is 9.47 Å². The summed E-state index contributed by atoms with van der Waals surface area (Å²) in [6, 6.07) is 17.3. The summed E-state index contributed by atoms with van der Waals surface area (Å²) in [5, 5.41) is 0. The molecule has 0 bridgehead atoms. The van der Waals surface area contributed by atoms with Crippen LogP contribution in [0.5, 0.6) is 11.5 Å². The third kappa shape index (κ3) is 5.22. The van der Waals surface area contributed by atoms with Crippen molar-refractivity contribution in [1.29, 1.82) is 0 Å². The van der Waals surface area contributed by atoms with Gasteiger partial charge in [0.25, 0.3) is 0 Å². The summed E-state index contributed by atoms with van der Waals surface area (Å²) in [4.78, 5) is 3.99. The largest absolute Gasteiger partial charge is 0.431 e. The Kier molecular flexibility index (Phi) is 6.47. The fraction of sp³-hybridized carbons (Fsp3) is 0.190. The van der Waals surface area contributed by atoms with Crippen molar-refractivity contribution in [3.63, 3.8) is 0 Å². The first-order valence-electron chi connectivity index (χ1n) is 8.50. The van der Waals surface area contributed by atoms with Gasteiger partial charge in [-0.15, -0.1) is 0 Å². The average molecular weight is 391 g/mol. The molecule has 0 amide bonds. The van der Waals surface area contributed by atoms with E-state index in [2.05, 4.69) is 14.5 Å². The fourth-order valence-corrected chi connectivity index (χ4v) is 2.99. The molecule has 1 atom stereocenters. The first-order chi connectivity index (χ1) is 13.5. The molecule has 0 saturated carbocycles. The molecule has 0 aliphatic heterocycles. The maximum absolute atomic E-state index is 12.8. The standard InChI is InChI=1S/C21H17F4NO2/c22-20(23)27-18-7-6-16(13-19(18)28-21(24)25)17(15-4-2-1-3-5-15)12-14-8-10-26-11-9-14/h1-11,13,17,20-21H,12H2. The Morgan fingerprint density at radius 3 is 2.00 bits per heavy atom. The molecule has 146 valence electrons. The fourth-order valence-electron chi connectivity index (χ4n) is 2.99. The molecule has 0 spiro atoms. The number of nitrogens with zero attached hydrogens (tertiary/aromatic N) is 1. The van der Waals surface area contributed by atoms with Gasteiger partial charge in [-0.1, -0.05) is 36.4 Å². The summed E-state index contributed by atoms with van der Waals surface area (Å²) < 4.78 is 59.4. The van der Waals surface area contributed by atoms with Crippen LogP contribution in [0.15, 0.2) is 73.1 Å². The summed E-state index contributed by atoms with van der Waals surface area (Å²) in [7, 11) is 0. The van der Waals surface area contributed by atoms with Gasteiger partial charge >= 0.3 is 13.2 Å². The van der Waals surface area contributed by atoms with Crippen molar-refractivity contribution in [2.24, 2.45) is 0 Å². The van der Waals surface area contributed by atoms with E-state index in [9.17, 15) is 17.6 Å². The number of hydrogen-bond donors (Lipinski definition) is 0. The number of alkyl halides is 4. The first-order valence-corrected chi connectivity index (χ1v) is 8.50. The van der Waals surface area contributed by atoms with Crippen LogP contribution in [0.4, 0.5) is 17.6 Å². The molecule has 0 aliphatic carbocycles. The quantitative estimate of drug-likeness (QED) is 0.465. The molecule has 28 heavy (non-hydrogen) atoms. The summed E-state index contributed by atoms with van der Waals surface area (Å²) in [6.07, 6.45) is 3.90. The molecule has 3 rings (SSSR count). The Labute approximate surface area is 159 Å². The number of ether oxygens (including phenoxy) is 2. The van der Waals surface area contributed by atoms with E-state index < -0.39 is 24.7 Å². The maximum Gasteiger partial charge on any atom is 0.387 e. The third-order valence-corrected chi connectivity index (χ3v) is 4.19. The smallest absolute Gasteiger partial charge is 0.387 e. The molecule has 2 aromatic carbocycles. The monoisotopic (exact) mass is 391 g/mol. The number of rotatable bonds is 8. The lowest BCUT2D eigenvalue weighted by molar-refractivity contribution is -0.0692. The van der Waals surface area contributed by atoms with E-state index in [4.69, 9.17) is 0 Å². The molecule has 0 fully saturated rings. The minimum atomic E-state index is -3.16. The topological polar surface area (TPSA) is 31.4 Å². The van der Waals surface area contributed by atoms with Gasteiger partial charge in [0, 0.05) is 18.3 Å². The number of aromatic nitrogens is 1. The van der Waals surface area contributed by atoms with Crippen molar-refractivity contribution >= 4 is 0 Å². The van der Waals surface area contributed by atoms with E-state index in [1.165, 1.54) is 12.1 Å². The second kappa shape index (κ2) is 9.21.